The monoisotopic (exact) mass is 302 g/mol. The van der Waals surface area contributed by atoms with Crippen LogP contribution in [0.5, 0.6) is 0 Å². The molecule has 0 bridgehead atoms. The smallest absolute Gasteiger partial charge is 0.374 e. The van der Waals surface area contributed by atoms with Crippen LogP contribution in [0.2, 0.25) is 6.04 Å². The molecule has 0 spiro atoms. The minimum atomic E-state index is -2.49. The van der Waals surface area contributed by atoms with Crippen molar-refractivity contribution in [2.24, 2.45) is 5.92 Å². The van der Waals surface area contributed by atoms with Crippen LogP contribution >= 0.6 is 0 Å². The average molecular weight is 302 g/mol. The van der Waals surface area contributed by atoms with Crippen molar-refractivity contribution in [3.63, 3.8) is 0 Å². The van der Waals surface area contributed by atoms with Gasteiger partial charge in [0, 0.05) is 25.4 Å². The quantitative estimate of drug-likeness (QED) is 0.483. The third-order valence-electron chi connectivity index (χ3n) is 4.36. The molecule has 2 rings (SSSR count). The second-order valence-electron chi connectivity index (χ2n) is 5.91. The molecular formula is C15H30O4Si. The van der Waals surface area contributed by atoms with Crippen LogP contribution in [0.1, 0.15) is 53.4 Å². The minimum Gasteiger partial charge on any atom is -0.374 e. The summed E-state index contributed by atoms with van der Waals surface area (Å²) < 4.78 is 24.0. The molecule has 4 nitrogen and oxygen atoms in total. The Hall–Kier alpha value is 0.0569. The van der Waals surface area contributed by atoms with E-state index in [9.17, 15) is 0 Å². The lowest BCUT2D eigenvalue weighted by molar-refractivity contribution is 0.0107. The summed E-state index contributed by atoms with van der Waals surface area (Å²) in [5.74, 6) is 0.586. The van der Waals surface area contributed by atoms with Crippen LogP contribution in [0.25, 0.3) is 0 Å². The number of ether oxygens (including phenoxy) is 1. The van der Waals surface area contributed by atoms with E-state index >= 15 is 0 Å². The predicted molar refractivity (Wildman–Crippen MR) is 80.7 cm³/mol. The van der Waals surface area contributed by atoms with E-state index in [1.807, 2.05) is 13.8 Å². The Balaban J connectivity index is 1.93. The van der Waals surface area contributed by atoms with E-state index in [4.69, 9.17) is 18.0 Å². The van der Waals surface area contributed by atoms with Gasteiger partial charge in [-0.2, -0.15) is 0 Å². The molecule has 1 aliphatic heterocycles. The minimum absolute atomic E-state index is 0.205. The van der Waals surface area contributed by atoms with E-state index in [2.05, 4.69) is 13.8 Å². The Morgan fingerprint density at radius 1 is 1.10 bits per heavy atom. The lowest BCUT2D eigenvalue weighted by Gasteiger charge is -2.35. The highest BCUT2D eigenvalue weighted by molar-refractivity contribution is 6.60. The topological polar surface area (TPSA) is 40.2 Å². The number of hydrogen-bond donors (Lipinski definition) is 0. The molecule has 4 atom stereocenters. The Bertz CT molecular complexity index is 283. The van der Waals surface area contributed by atoms with Gasteiger partial charge in [0.05, 0.1) is 12.2 Å². The molecule has 1 saturated heterocycles. The molecule has 20 heavy (non-hydrogen) atoms. The molecule has 118 valence electrons. The van der Waals surface area contributed by atoms with Crippen LogP contribution in [-0.2, 0) is 18.0 Å². The van der Waals surface area contributed by atoms with Gasteiger partial charge >= 0.3 is 8.80 Å². The highest BCUT2D eigenvalue weighted by Crippen LogP contribution is 2.41. The number of fused-ring (bicyclic) bond motifs is 1. The molecule has 3 unspecified atom stereocenters. The zero-order valence-corrected chi connectivity index (χ0v) is 14.4. The van der Waals surface area contributed by atoms with Crippen molar-refractivity contribution >= 4 is 8.80 Å². The lowest BCUT2D eigenvalue weighted by atomic mass is 9.86. The summed E-state index contributed by atoms with van der Waals surface area (Å²) in [6.45, 7) is 9.72. The summed E-state index contributed by atoms with van der Waals surface area (Å²) in [6, 6.07) is 0.911. The second kappa shape index (κ2) is 7.36. The molecule has 1 saturated carbocycles. The van der Waals surface area contributed by atoms with Crippen LogP contribution in [0.15, 0.2) is 0 Å². The van der Waals surface area contributed by atoms with Crippen LogP contribution in [0.4, 0.5) is 0 Å². The van der Waals surface area contributed by atoms with Crippen molar-refractivity contribution in [3.05, 3.63) is 0 Å². The van der Waals surface area contributed by atoms with E-state index in [0.717, 1.165) is 18.9 Å². The van der Waals surface area contributed by atoms with Crippen molar-refractivity contribution in [3.8, 4) is 0 Å². The fourth-order valence-corrected chi connectivity index (χ4v) is 6.18. The first-order valence-corrected chi connectivity index (χ1v) is 10.2. The number of rotatable bonds is 9. The van der Waals surface area contributed by atoms with E-state index in [-0.39, 0.29) is 6.10 Å². The van der Waals surface area contributed by atoms with Gasteiger partial charge in [0.2, 0.25) is 0 Å². The molecular weight excluding hydrogens is 272 g/mol. The van der Waals surface area contributed by atoms with Gasteiger partial charge < -0.3 is 18.0 Å². The summed E-state index contributed by atoms with van der Waals surface area (Å²) in [6.07, 6.45) is 5.83. The van der Waals surface area contributed by atoms with Crippen molar-refractivity contribution < 1.29 is 18.0 Å². The summed E-state index contributed by atoms with van der Waals surface area (Å²) in [7, 11) is -2.49. The summed E-state index contributed by atoms with van der Waals surface area (Å²) in [4.78, 5) is 0. The normalized spacial score (nSPS) is 30.9. The fourth-order valence-electron chi connectivity index (χ4n) is 3.30. The van der Waals surface area contributed by atoms with Gasteiger partial charge in [-0.1, -0.05) is 13.3 Å². The zero-order chi connectivity index (χ0) is 14.6. The van der Waals surface area contributed by atoms with Gasteiger partial charge in [-0.3, -0.25) is 0 Å². The van der Waals surface area contributed by atoms with Crippen molar-refractivity contribution in [1.82, 2.24) is 0 Å². The third kappa shape index (κ3) is 4.04. The summed E-state index contributed by atoms with van der Waals surface area (Å²) in [5.41, 5.74) is 0. The maximum atomic E-state index is 6.40. The van der Waals surface area contributed by atoms with E-state index in [1.165, 1.54) is 12.8 Å². The molecule has 0 amide bonds. The Kier molecular flexibility index (Phi) is 6.04. The van der Waals surface area contributed by atoms with Crippen LogP contribution in [-0.4, -0.2) is 40.3 Å². The molecule has 1 heterocycles. The first-order chi connectivity index (χ1) is 9.64. The highest BCUT2D eigenvalue weighted by atomic mass is 28.4. The first-order valence-electron chi connectivity index (χ1n) is 8.25. The van der Waals surface area contributed by atoms with Crippen molar-refractivity contribution in [2.75, 3.05) is 13.2 Å². The predicted octanol–water partition coefficient (Wildman–Crippen LogP) is 3.38. The van der Waals surface area contributed by atoms with Crippen molar-refractivity contribution in [1.29, 1.82) is 0 Å². The van der Waals surface area contributed by atoms with E-state index in [1.54, 1.807) is 0 Å². The Labute approximate surface area is 124 Å². The van der Waals surface area contributed by atoms with Gasteiger partial charge in [0.15, 0.2) is 0 Å². The molecule has 0 aromatic heterocycles. The molecule has 5 heteroatoms. The van der Waals surface area contributed by atoms with Crippen LogP contribution < -0.4 is 0 Å². The molecule has 0 radical (unpaired) electrons. The lowest BCUT2D eigenvalue weighted by Crippen LogP contribution is -2.49. The standard InChI is InChI=1S/C15H30O4Si/c1-5-10-20(16-6-2,17-7-3)19-12(4)13-8-9-14-15(11-13)18-14/h12-15H,5-11H2,1-4H3/t12-,13?,14?,15?/m1/s1. The molecule has 0 aromatic rings. The zero-order valence-electron chi connectivity index (χ0n) is 13.4. The van der Waals surface area contributed by atoms with E-state index < -0.39 is 8.80 Å². The second-order valence-corrected chi connectivity index (χ2v) is 8.59. The van der Waals surface area contributed by atoms with Gasteiger partial charge in [-0.15, -0.1) is 0 Å². The third-order valence-corrected chi connectivity index (χ3v) is 7.66. The van der Waals surface area contributed by atoms with Crippen LogP contribution in [0, 0.1) is 5.92 Å². The molecule has 1 aliphatic carbocycles. The Morgan fingerprint density at radius 2 is 1.80 bits per heavy atom. The van der Waals surface area contributed by atoms with Crippen LogP contribution in [0.3, 0.4) is 0 Å². The molecule has 0 aromatic carbocycles. The van der Waals surface area contributed by atoms with Gasteiger partial charge in [0.1, 0.15) is 0 Å². The molecule has 2 aliphatic rings. The SMILES string of the molecule is CCC[Si](OCC)(OCC)O[C@H](C)C1CCC2OC2C1. The number of hydrogen-bond acceptors (Lipinski definition) is 4. The molecule has 2 fully saturated rings. The number of epoxide rings is 1. The maximum Gasteiger partial charge on any atom is 0.501 e. The summed E-state index contributed by atoms with van der Waals surface area (Å²) >= 11 is 0. The van der Waals surface area contributed by atoms with Gasteiger partial charge in [0.25, 0.3) is 0 Å². The summed E-state index contributed by atoms with van der Waals surface area (Å²) in [5, 5.41) is 0. The fraction of sp³-hybridized carbons (Fsp3) is 1.00. The van der Waals surface area contributed by atoms with Gasteiger partial charge in [-0.25, -0.2) is 0 Å². The molecule has 0 N–H and O–H groups in total. The first kappa shape index (κ1) is 16.4. The highest BCUT2D eigenvalue weighted by Gasteiger charge is 2.48. The Morgan fingerprint density at radius 3 is 2.35 bits per heavy atom. The van der Waals surface area contributed by atoms with Gasteiger partial charge in [-0.05, 0) is 46.0 Å². The maximum absolute atomic E-state index is 6.40. The average Bonchev–Trinajstić information content (AvgIpc) is 3.17. The van der Waals surface area contributed by atoms with Crippen molar-refractivity contribution in [2.45, 2.75) is 77.7 Å². The van der Waals surface area contributed by atoms with E-state index in [0.29, 0.717) is 31.3 Å². The largest absolute Gasteiger partial charge is 0.501 e.